The molecule has 4 aromatic rings. The number of aryl methyl sites for hydroxylation is 1. The molecule has 0 aliphatic carbocycles. The van der Waals surface area contributed by atoms with Gasteiger partial charge in [-0.2, -0.15) is 5.10 Å². The number of nitrogens with zero attached hydrogens (tertiary/aromatic N) is 4. The molecule has 0 aliphatic rings. The molecular formula is C30H37N5O3S. The van der Waals surface area contributed by atoms with Crippen LogP contribution in [0.1, 0.15) is 65.9 Å². The molecular weight excluding hydrogens is 510 g/mol. The molecule has 1 N–H and O–H groups in total. The molecule has 4 rings (SSSR count). The summed E-state index contributed by atoms with van der Waals surface area (Å²) in [6, 6.07) is 12.0. The Balaban J connectivity index is 1.51. The number of fused-ring (bicyclic) bond motifs is 1. The van der Waals surface area contributed by atoms with Crippen LogP contribution in [0.3, 0.4) is 0 Å². The summed E-state index contributed by atoms with van der Waals surface area (Å²) in [4.78, 5) is 27.6. The molecule has 2 aromatic heterocycles. The quantitative estimate of drug-likeness (QED) is 0.145. The van der Waals surface area contributed by atoms with Crippen molar-refractivity contribution in [2.24, 2.45) is 0 Å². The summed E-state index contributed by atoms with van der Waals surface area (Å²) in [5.74, 6) is -0.0420. The van der Waals surface area contributed by atoms with E-state index in [4.69, 9.17) is 0 Å². The van der Waals surface area contributed by atoms with Gasteiger partial charge in [0, 0.05) is 47.2 Å². The number of hydrogen-bond acceptors (Lipinski definition) is 6. The standard InChI is InChI=1S/C30H37N5O3S/c1-5-15-34-20-22(19-31-34)13-16-33(4)17-14-24-26-18-23(11-12-28(26)39-29(24)21(3)6-2)32-30(36)25-9-7-8-10-27(25)35(37)38/h7-12,18-21H,5-6,13-17H2,1-4H3,(H,32,36). The zero-order chi connectivity index (χ0) is 27.9. The third-order valence-corrected chi connectivity index (χ3v) is 8.59. The average molecular weight is 548 g/mol. The van der Waals surface area contributed by atoms with Crippen molar-refractivity contribution in [3.63, 3.8) is 0 Å². The molecule has 0 aliphatic heterocycles. The number of thiophene rings is 1. The topological polar surface area (TPSA) is 93.3 Å². The number of amides is 1. The van der Waals surface area contributed by atoms with Crippen molar-refractivity contribution in [3.8, 4) is 0 Å². The lowest BCUT2D eigenvalue weighted by atomic mass is 9.98. The largest absolute Gasteiger partial charge is 0.322 e. The van der Waals surface area contributed by atoms with Crippen LogP contribution in [0.2, 0.25) is 0 Å². The number of nitrogens with one attached hydrogen (secondary N) is 1. The first-order valence-corrected chi connectivity index (χ1v) is 14.4. The van der Waals surface area contributed by atoms with Gasteiger partial charge >= 0.3 is 0 Å². The summed E-state index contributed by atoms with van der Waals surface area (Å²) < 4.78 is 3.20. The van der Waals surface area contributed by atoms with Gasteiger partial charge in [0.1, 0.15) is 5.56 Å². The minimum Gasteiger partial charge on any atom is -0.322 e. The van der Waals surface area contributed by atoms with E-state index < -0.39 is 10.8 Å². The minimum absolute atomic E-state index is 0.0512. The molecule has 8 nitrogen and oxygen atoms in total. The fourth-order valence-corrected chi connectivity index (χ4v) is 6.10. The fraction of sp³-hybridized carbons (Fsp3) is 0.400. The molecule has 2 aromatic carbocycles. The van der Waals surface area contributed by atoms with Gasteiger partial charge in [0.25, 0.3) is 11.6 Å². The zero-order valence-corrected chi connectivity index (χ0v) is 24.0. The van der Waals surface area contributed by atoms with Gasteiger partial charge in [-0.25, -0.2) is 0 Å². The van der Waals surface area contributed by atoms with E-state index in [1.54, 1.807) is 12.1 Å². The Kier molecular flexibility index (Phi) is 9.48. The van der Waals surface area contributed by atoms with E-state index in [9.17, 15) is 14.9 Å². The van der Waals surface area contributed by atoms with Crippen LogP contribution in [0.4, 0.5) is 11.4 Å². The number of carbonyl (C=O) groups excluding carboxylic acids is 1. The molecule has 1 amide bonds. The lowest BCUT2D eigenvalue weighted by molar-refractivity contribution is -0.385. The number of carbonyl (C=O) groups is 1. The first-order chi connectivity index (χ1) is 18.8. The number of nitro benzene ring substituents is 1. The molecule has 1 unspecified atom stereocenters. The number of rotatable bonds is 13. The van der Waals surface area contributed by atoms with Crippen LogP contribution in [0.25, 0.3) is 10.1 Å². The van der Waals surface area contributed by atoms with Crippen LogP contribution in [-0.2, 0) is 19.4 Å². The molecule has 0 radical (unpaired) electrons. The number of nitro groups is 1. The van der Waals surface area contributed by atoms with Crippen LogP contribution in [0.5, 0.6) is 0 Å². The molecule has 0 saturated carbocycles. The average Bonchev–Trinajstić information content (AvgIpc) is 3.54. The highest BCUT2D eigenvalue weighted by Crippen LogP contribution is 2.39. The van der Waals surface area contributed by atoms with Crippen molar-refractivity contribution in [2.45, 2.75) is 58.9 Å². The highest BCUT2D eigenvalue weighted by atomic mass is 32.1. The third kappa shape index (κ3) is 6.91. The summed E-state index contributed by atoms with van der Waals surface area (Å²) in [7, 11) is 2.16. The van der Waals surface area contributed by atoms with Gasteiger partial charge in [-0.05, 0) is 79.4 Å². The number of para-hydroxylation sites is 1. The van der Waals surface area contributed by atoms with Crippen molar-refractivity contribution in [1.29, 1.82) is 0 Å². The zero-order valence-electron chi connectivity index (χ0n) is 23.1. The summed E-state index contributed by atoms with van der Waals surface area (Å²) in [5, 5.41) is 19.9. The normalized spacial score (nSPS) is 12.2. The Labute approximate surface area is 233 Å². The second kappa shape index (κ2) is 13.0. The Bertz CT molecular complexity index is 1440. The Morgan fingerprint density at radius 2 is 1.95 bits per heavy atom. The second-order valence-electron chi connectivity index (χ2n) is 10.1. The number of hydrogen-bond donors (Lipinski definition) is 1. The Morgan fingerprint density at radius 3 is 2.69 bits per heavy atom. The maximum Gasteiger partial charge on any atom is 0.282 e. The smallest absolute Gasteiger partial charge is 0.282 e. The summed E-state index contributed by atoms with van der Waals surface area (Å²) >= 11 is 1.82. The molecule has 0 saturated heterocycles. The van der Waals surface area contributed by atoms with Crippen LogP contribution in [0, 0.1) is 10.1 Å². The molecule has 0 spiro atoms. The first-order valence-electron chi connectivity index (χ1n) is 13.6. The van der Waals surface area contributed by atoms with Gasteiger partial charge in [-0.3, -0.25) is 19.6 Å². The molecule has 2 heterocycles. The number of likely N-dealkylation sites (N-methyl/N-ethyl adjacent to an activating group) is 1. The Morgan fingerprint density at radius 1 is 1.18 bits per heavy atom. The predicted octanol–water partition coefficient (Wildman–Crippen LogP) is 6.90. The van der Waals surface area contributed by atoms with E-state index in [0.717, 1.165) is 50.7 Å². The maximum absolute atomic E-state index is 12.9. The van der Waals surface area contributed by atoms with E-state index in [0.29, 0.717) is 11.6 Å². The molecule has 1 atom stereocenters. The van der Waals surface area contributed by atoms with E-state index in [-0.39, 0.29) is 11.3 Å². The molecule has 0 bridgehead atoms. The number of benzene rings is 2. The van der Waals surface area contributed by atoms with Crippen molar-refractivity contribution >= 4 is 38.7 Å². The first kappa shape index (κ1) is 28.4. The summed E-state index contributed by atoms with van der Waals surface area (Å²) in [6.07, 6.45) is 8.11. The van der Waals surface area contributed by atoms with E-state index in [2.05, 4.69) is 49.3 Å². The van der Waals surface area contributed by atoms with Crippen molar-refractivity contribution < 1.29 is 9.72 Å². The summed E-state index contributed by atoms with van der Waals surface area (Å²) in [6.45, 7) is 9.46. The fourth-order valence-electron chi connectivity index (χ4n) is 4.73. The molecule has 9 heteroatoms. The van der Waals surface area contributed by atoms with Gasteiger partial charge in [0.05, 0.1) is 11.1 Å². The van der Waals surface area contributed by atoms with Gasteiger partial charge in [0.2, 0.25) is 0 Å². The van der Waals surface area contributed by atoms with Crippen molar-refractivity contribution in [3.05, 3.63) is 86.5 Å². The highest BCUT2D eigenvalue weighted by molar-refractivity contribution is 7.19. The van der Waals surface area contributed by atoms with E-state index in [1.807, 2.05) is 40.4 Å². The van der Waals surface area contributed by atoms with Crippen molar-refractivity contribution in [2.75, 3.05) is 25.5 Å². The number of aromatic nitrogens is 2. The highest BCUT2D eigenvalue weighted by Gasteiger charge is 2.21. The lowest BCUT2D eigenvalue weighted by Crippen LogP contribution is -2.24. The monoisotopic (exact) mass is 547 g/mol. The third-order valence-electron chi connectivity index (χ3n) is 7.15. The lowest BCUT2D eigenvalue weighted by Gasteiger charge is -2.18. The van der Waals surface area contributed by atoms with Gasteiger partial charge in [0.15, 0.2) is 0 Å². The van der Waals surface area contributed by atoms with Crippen LogP contribution in [-0.4, -0.2) is 45.6 Å². The van der Waals surface area contributed by atoms with Gasteiger partial charge in [-0.1, -0.05) is 32.9 Å². The molecule has 206 valence electrons. The molecule has 0 fully saturated rings. The second-order valence-corrected chi connectivity index (χ2v) is 11.2. The SMILES string of the molecule is CCCn1cc(CCN(C)CCc2c(C(C)CC)sc3ccc(NC(=O)c4ccccc4[N+](=O)[O-])cc23)cn1. The van der Waals surface area contributed by atoms with E-state index >= 15 is 0 Å². The van der Waals surface area contributed by atoms with Gasteiger partial charge < -0.3 is 10.2 Å². The van der Waals surface area contributed by atoms with E-state index in [1.165, 1.54) is 32.8 Å². The van der Waals surface area contributed by atoms with Crippen LogP contribution >= 0.6 is 11.3 Å². The maximum atomic E-state index is 12.9. The summed E-state index contributed by atoms with van der Waals surface area (Å²) in [5.41, 5.74) is 3.07. The van der Waals surface area contributed by atoms with Gasteiger partial charge in [-0.15, -0.1) is 11.3 Å². The van der Waals surface area contributed by atoms with Crippen LogP contribution in [0.15, 0.2) is 54.9 Å². The molecule has 39 heavy (non-hydrogen) atoms. The predicted molar refractivity (Wildman–Crippen MR) is 159 cm³/mol. The van der Waals surface area contributed by atoms with Crippen molar-refractivity contribution in [1.82, 2.24) is 14.7 Å². The number of anilines is 1. The van der Waals surface area contributed by atoms with Crippen LogP contribution < -0.4 is 5.32 Å². The Hall–Kier alpha value is -3.56. The minimum atomic E-state index is -0.527.